The normalized spacial score (nSPS) is 22.9. The van der Waals surface area contributed by atoms with Crippen LogP contribution in [0.1, 0.15) is 12.8 Å². The average molecular weight is 255 g/mol. The Morgan fingerprint density at radius 1 is 1.47 bits per heavy atom. The highest BCUT2D eigenvalue weighted by molar-refractivity contribution is 8.00. The van der Waals surface area contributed by atoms with Gasteiger partial charge in [0.2, 0.25) is 5.91 Å². The van der Waals surface area contributed by atoms with Crippen LogP contribution in [-0.2, 0) is 4.79 Å². The highest BCUT2D eigenvalue weighted by Crippen LogP contribution is 2.22. The van der Waals surface area contributed by atoms with Crippen LogP contribution in [0.5, 0.6) is 0 Å². The van der Waals surface area contributed by atoms with Crippen LogP contribution in [0.3, 0.4) is 0 Å². The van der Waals surface area contributed by atoms with Gasteiger partial charge in [0, 0.05) is 10.9 Å². The topological polar surface area (TPSA) is 49.3 Å². The summed E-state index contributed by atoms with van der Waals surface area (Å²) < 4.78 is 13.2. The molecule has 1 saturated carbocycles. The molecule has 1 fully saturated rings. The molecule has 1 aliphatic rings. The van der Waals surface area contributed by atoms with Crippen LogP contribution in [0.15, 0.2) is 29.2 Å². The third kappa shape index (κ3) is 3.44. The standard InChI is InChI=1S/C12H14FNO2S/c13-10-3-1-2-4-11(10)17-7-12(16)14-8-5-9(15)6-8/h1-4,8-9,15H,5-7H2,(H,14,16). The molecule has 1 amide bonds. The molecule has 92 valence electrons. The summed E-state index contributed by atoms with van der Waals surface area (Å²) in [5, 5.41) is 11.9. The van der Waals surface area contributed by atoms with Gasteiger partial charge in [-0.3, -0.25) is 4.79 Å². The summed E-state index contributed by atoms with van der Waals surface area (Å²) in [6.07, 6.45) is 0.964. The lowest BCUT2D eigenvalue weighted by atomic mass is 9.89. The molecule has 5 heteroatoms. The lowest BCUT2D eigenvalue weighted by molar-refractivity contribution is -0.120. The molecule has 1 aromatic carbocycles. The molecule has 0 radical (unpaired) electrons. The molecule has 0 heterocycles. The van der Waals surface area contributed by atoms with Crippen LogP contribution in [0, 0.1) is 5.82 Å². The molecule has 0 bridgehead atoms. The maximum atomic E-state index is 13.2. The average Bonchev–Trinajstić information content (AvgIpc) is 2.26. The van der Waals surface area contributed by atoms with E-state index in [0.717, 1.165) is 0 Å². The van der Waals surface area contributed by atoms with E-state index in [2.05, 4.69) is 5.32 Å². The first-order valence-electron chi connectivity index (χ1n) is 5.50. The van der Waals surface area contributed by atoms with Gasteiger partial charge in [0.15, 0.2) is 0 Å². The second kappa shape index (κ2) is 5.51. The van der Waals surface area contributed by atoms with Crippen molar-refractivity contribution < 1.29 is 14.3 Å². The Hall–Kier alpha value is -1.07. The van der Waals surface area contributed by atoms with E-state index in [4.69, 9.17) is 5.11 Å². The second-order valence-electron chi connectivity index (χ2n) is 4.11. The first-order chi connectivity index (χ1) is 8.15. The minimum Gasteiger partial charge on any atom is -0.393 e. The third-order valence-corrected chi connectivity index (χ3v) is 3.72. The van der Waals surface area contributed by atoms with Gasteiger partial charge >= 0.3 is 0 Å². The highest BCUT2D eigenvalue weighted by Gasteiger charge is 2.28. The van der Waals surface area contributed by atoms with Gasteiger partial charge in [0.1, 0.15) is 5.82 Å². The Labute approximate surface area is 103 Å². The Morgan fingerprint density at radius 2 is 2.18 bits per heavy atom. The molecule has 0 aliphatic heterocycles. The minimum absolute atomic E-state index is 0.0821. The van der Waals surface area contributed by atoms with Gasteiger partial charge in [-0.15, -0.1) is 11.8 Å². The van der Waals surface area contributed by atoms with Gasteiger partial charge in [-0.25, -0.2) is 4.39 Å². The molecule has 0 spiro atoms. The maximum Gasteiger partial charge on any atom is 0.230 e. The van der Waals surface area contributed by atoms with Gasteiger partial charge in [0.05, 0.1) is 11.9 Å². The van der Waals surface area contributed by atoms with E-state index in [1.807, 2.05) is 0 Å². The predicted octanol–water partition coefficient (Wildman–Crippen LogP) is 1.56. The number of carbonyl (C=O) groups is 1. The molecule has 0 unspecified atom stereocenters. The van der Waals surface area contributed by atoms with Crippen molar-refractivity contribution in [2.75, 3.05) is 5.75 Å². The van der Waals surface area contributed by atoms with E-state index in [1.165, 1.54) is 17.8 Å². The second-order valence-corrected chi connectivity index (χ2v) is 5.13. The summed E-state index contributed by atoms with van der Waals surface area (Å²) in [5.74, 6) is -0.215. The molecule has 0 atom stereocenters. The Bertz CT molecular complexity index is 407. The fraction of sp³-hybridized carbons (Fsp3) is 0.417. The van der Waals surface area contributed by atoms with Crippen LogP contribution in [0.25, 0.3) is 0 Å². The zero-order valence-electron chi connectivity index (χ0n) is 9.23. The monoisotopic (exact) mass is 255 g/mol. The summed E-state index contributed by atoms with van der Waals surface area (Å²) in [4.78, 5) is 12.0. The number of nitrogens with one attached hydrogen (secondary N) is 1. The van der Waals surface area contributed by atoms with E-state index in [1.54, 1.807) is 18.2 Å². The molecule has 1 aromatic rings. The lowest BCUT2D eigenvalue weighted by Gasteiger charge is -2.31. The minimum atomic E-state index is -0.302. The van der Waals surface area contributed by atoms with Gasteiger partial charge < -0.3 is 10.4 Å². The Balaban J connectivity index is 1.75. The molecule has 17 heavy (non-hydrogen) atoms. The van der Waals surface area contributed by atoms with Crippen LogP contribution >= 0.6 is 11.8 Å². The fourth-order valence-electron chi connectivity index (χ4n) is 1.68. The summed E-state index contributed by atoms with van der Waals surface area (Å²) in [7, 11) is 0. The molecule has 2 rings (SSSR count). The summed E-state index contributed by atoms with van der Waals surface area (Å²) >= 11 is 1.18. The first kappa shape index (κ1) is 12.4. The molecule has 1 aliphatic carbocycles. The number of amides is 1. The van der Waals surface area contributed by atoms with Crippen molar-refractivity contribution >= 4 is 17.7 Å². The van der Waals surface area contributed by atoms with Crippen molar-refractivity contribution in [3.05, 3.63) is 30.1 Å². The largest absolute Gasteiger partial charge is 0.393 e. The molecular weight excluding hydrogens is 241 g/mol. The van der Waals surface area contributed by atoms with E-state index in [9.17, 15) is 9.18 Å². The number of thioether (sulfide) groups is 1. The number of aliphatic hydroxyl groups is 1. The number of aliphatic hydroxyl groups excluding tert-OH is 1. The Morgan fingerprint density at radius 3 is 2.82 bits per heavy atom. The van der Waals surface area contributed by atoms with Gasteiger partial charge in [-0.1, -0.05) is 12.1 Å². The summed E-state index contributed by atoms with van der Waals surface area (Å²) in [6.45, 7) is 0. The first-order valence-corrected chi connectivity index (χ1v) is 6.48. The molecule has 2 N–H and O–H groups in total. The van der Waals surface area contributed by atoms with E-state index in [0.29, 0.717) is 17.7 Å². The van der Waals surface area contributed by atoms with Gasteiger partial charge in [-0.05, 0) is 25.0 Å². The number of hydrogen-bond donors (Lipinski definition) is 2. The van der Waals surface area contributed by atoms with Crippen LogP contribution in [0.4, 0.5) is 4.39 Å². The number of rotatable bonds is 4. The number of hydrogen-bond acceptors (Lipinski definition) is 3. The number of carbonyl (C=O) groups excluding carboxylic acids is 1. The Kier molecular flexibility index (Phi) is 4.02. The van der Waals surface area contributed by atoms with Crippen LogP contribution < -0.4 is 5.32 Å². The number of halogens is 1. The molecule has 0 aromatic heterocycles. The molecule has 0 saturated heterocycles. The molecular formula is C12H14FNO2S. The SMILES string of the molecule is O=C(CSc1ccccc1F)NC1CC(O)C1. The van der Waals surface area contributed by atoms with Gasteiger partial charge in [0.25, 0.3) is 0 Å². The van der Waals surface area contributed by atoms with Crippen molar-refractivity contribution in [3.8, 4) is 0 Å². The van der Waals surface area contributed by atoms with Crippen LogP contribution in [0.2, 0.25) is 0 Å². The van der Waals surface area contributed by atoms with E-state index < -0.39 is 0 Å². The summed E-state index contributed by atoms with van der Waals surface area (Å²) in [5.41, 5.74) is 0. The van der Waals surface area contributed by atoms with Gasteiger partial charge in [-0.2, -0.15) is 0 Å². The zero-order chi connectivity index (χ0) is 12.3. The molecule has 3 nitrogen and oxygen atoms in total. The maximum absolute atomic E-state index is 13.2. The van der Waals surface area contributed by atoms with Crippen molar-refractivity contribution in [3.63, 3.8) is 0 Å². The van der Waals surface area contributed by atoms with Crippen molar-refractivity contribution in [1.82, 2.24) is 5.32 Å². The highest BCUT2D eigenvalue weighted by atomic mass is 32.2. The third-order valence-electron chi connectivity index (χ3n) is 2.67. The zero-order valence-corrected chi connectivity index (χ0v) is 10.0. The van der Waals surface area contributed by atoms with Crippen molar-refractivity contribution in [2.45, 2.75) is 29.9 Å². The van der Waals surface area contributed by atoms with E-state index in [-0.39, 0.29) is 29.6 Å². The smallest absolute Gasteiger partial charge is 0.230 e. The fourth-order valence-corrected chi connectivity index (χ4v) is 2.43. The van der Waals surface area contributed by atoms with E-state index >= 15 is 0 Å². The quantitative estimate of drug-likeness (QED) is 0.803. The number of benzene rings is 1. The lowest BCUT2D eigenvalue weighted by Crippen LogP contribution is -2.47. The van der Waals surface area contributed by atoms with Crippen LogP contribution in [-0.4, -0.2) is 28.9 Å². The predicted molar refractivity (Wildman–Crippen MR) is 64.3 cm³/mol. The van der Waals surface area contributed by atoms with Crippen molar-refractivity contribution in [1.29, 1.82) is 0 Å². The van der Waals surface area contributed by atoms with Crippen molar-refractivity contribution in [2.24, 2.45) is 0 Å². The summed E-state index contributed by atoms with van der Waals surface area (Å²) in [6, 6.07) is 6.47.